The number of para-hydroxylation sites is 1. The monoisotopic (exact) mass is 429 g/mol. The van der Waals surface area contributed by atoms with Gasteiger partial charge >= 0.3 is 0 Å². The lowest BCUT2D eigenvalue weighted by Crippen LogP contribution is -2.45. The molecule has 7 nitrogen and oxygen atoms in total. The van der Waals surface area contributed by atoms with E-state index in [1.807, 2.05) is 32.3 Å². The van der Waals surface area contributed by atoms with Gasteiger partial charge in [-0.3, -0.25) is 9.79 Å². The standard InChI is InChI=1S/C24H39N5O2/c1-25-24(26-17-20-11-7-8-12-22(20)31-16-15-28(2)3)27-21-13-14-29(18-21)23(30)19-9-5-4-6-10-19/h7-8,11-12,19,21H,4-6,9-10,13-18H2,1-3H3,(H2,25,26,27). The van der Waals surface area contributed by atoms with E-state index in [9.17, 15) is 4.79 Å². The van der Waals surface area contributed by atoms with Gasteiger partial charge in [0.2, 0.25) is 5.91 Å². The Kier molecular flexibility index (Phi) is 9.00. The molecule has 7 heteroatoms. The number of aliphatic imine (C=N–C) groups is 1. The first-order valence-electron chi connectivity index (χ1n) is 11.7. The van der Waals surface area contributed by atoms with Gasteiger partial charge in [-0.2, -0.15) is 0 Å². The number of nitrogens with one attached hydrogen (secondary N) is 2. The summed E-state index contributed by atoms with van der Waals surface area (Å²) in [7, 11) is 5.87. The van der Waals surface area contributed by atoms with Gasteiger partial charge in [0, 0.05) is 50.7 Å². The molecule has 172 valence electrons. The van der Waals surface area contributed by atoms with Crippen molar-refractivity contribution in [3.63, 3.8) is 0 Å². The van der Waals surface area contributed by atoms with Crippen molar-refractivity contribution >= 4 is 11.9 Å². The maximum atomic E-state index is 12.8. The lowest BCUT2D eigenvalue weighted by Gasteiger charge is -2.26. The number of amides is 1. The van der Waals surface area contributed by atoms with E-state index in [-0.39, 0.29) is 12.0 Å². The van der Waals surface area contributed by atoms with Crippen molar-refractivity contribution in [3.05, 3.63) is 29.8 Å². The van der Waals surface area contributed by atoms with Crippen LogP contribution in [0.15, 0.2) is 29.3 Å². The quantitative estimate of drug-likeness (QED) is 0.491. The number of hydrogen-bond donors (Lipinski definition) is 2. The Bertz CT molecular complexity index is 730. The second kappa shape index (κ2) is 11.9. The summed E-state index contributed by atoms with van der Waals surface area (Å²) in [6.45, 7) is 3.77. The van der Waals surface area contributed by atoms with Crippen molar-refractivity contribution in [1.29, 1.82) is 0 Å². The minimum Gasteiger partial charge on any atom is -0.492 e. The summed E-state index contributed by atoms with van der Waals surface area (Å²) < 4.78 is 5.96. The molecule has 1 amide bonds. The summed E-state index contributed by atoms with van der Waals surface area (Å²) in [5, 5.41) is 6.90. The van der Waals surface area contributed by atoms with Crippen LogP contribution < -0.4 is 15.4 Å². The Hall–Kier alpha value is -2.28. The number of nitrogens with zero attached hydrogens (tertiary/aromatic N) is 3. The van der Waals surface area contributed by atoms with Gasteiger partial charge < -0.3 is 25.2 Å². The molecular weight excluding hydrogens is 390 g/mol. The third-order valence-corrected chi connectivity index (χ3v) is 6.23. The fourth-order valence-corrected chi connectivity index (χ4v) is 4.38. The normalized spacial score (nSPS) is 20.2. The van der Waals surface area contributed by atoms with E-state index in [0.29, 0.717) is 19.1 Å². The van der Waals surface area contributed by atoms with Gasteiger partial charge in [-0.05, 0) is 39.4 Å². The Labute approximate surface area is 187 Å². The Morgan fingerprint density at radius 2 is 1.97 bits per heavy atom. The summed E-state index contributed by atoms with van der Waals surface area (Å²) >= 11 is 0. The van der Waals surface area contributed by atoms with Gasteiger partial charge in [0.05, 0.1) is 0 Å². The van der Waals surface area contributed by atoms with E-state index in [1.54, 1.807) is 7.05 Å². The highest BCUT2D eigenvalue weighted by molar-refractivity contribution is 5.81. The summed E-state index contributed by atoms with van der Waals surface area (Å²) in [6, 6.07) is 8.35. The lowest BCUT2D eigenvalue weighted by atomic mass is 9.88. The van der Waals surface area contributed by atoms with Crippen LogP contribution in [0.1, 0.15) is 44.1 Å². The van der Waals surface area contributed by atoms with Crippen LogP contribution in [-0.2, 0) is 11.3 Å². The maximum absolute atomic E-state index is 12.8. The number of hydrogen-bond acceptors (Lipinski definition) is 4. The second-order valence-electron chi connectivity index (χ2n) is 8.93. The van der Waals surface area contributed by atoms with Crippen molar-refractivity contribution < 1.29 is 9.53 Å². The molecule has 1 aromatic carbocycles. The summed E-state index contributed by atoms with van der Waals surface area (Å²) in [5.41, 5.74) is 1.10. The molecule has 1 heterocycles. The molecule has 1 saturated heterocycles. The summed E-state index contributed by atoms with van der Waals surface area (Å²) in [5.74, 6) is 2.27. The molecule has 31 heavy (non-hydrogen) atoms. The van der Waals surface area contributed by atoms with Crippen LogP contribution in [0.2, 0.25) is 0 Å². The minimum atomic E-state index is 0.241. The predicted octanol–water partition coefficient (Wildman–Crippen LogP) is 2.47. The topological polar surface area (TPSA) is 69.2 Å². The van der Waals surface area contributed by atoms with E-state index in [0.717, 1.165) is 56.2 Å². The molecule has 0 aromatic heterocycles. The molecule has 1 aromatic rings. The molecule has 0 spiro atoms. The van der Waals surface area contributed by atoms with Crippen LogP contribution in [0.25, 0.3) is 0 Å². The molecular formula is C24H39N5O2. The smallest absolute Gasteiger partial charge is 0.225 e. The number of ether oxygens (including phenoxy) is 1. The van der Waals surface area contributed by atoms with Crippen LogP contribution in [0, 0.1) is 5.92 Å². The zero-order valence-electron chi connectivity index (χ0n) is 19.4. The summed E-state index contributed by atoms with van der Waals surface area (Å²) in [6.07, 6.45) is 6.76. The van der Waals surface area contributed by atoms with Crippen LogP contribution >= 0.6 is 0 Å². The number of benzene rings is 1. The Balaban J connectivity index is 1.46. The molecule has 0 radical (unpaired) electrons. The maximum Gasteiger partial charge on any atom is 0.225 e. The number of guanidine groups is 1. The molecule has 2 fully saturated rings. The van der Waals surface area contributed by atoms with Crippen molar-refractivity contribution in [3.8, 4) is 5.75 Å². The molecule has 1 saturated carbocycles. The molecule has 1 unspecified atom stereocenters. The van der Waals surface area contributed by atoms with Crippen molar-refractivity contribution in [2.75, 3.05) is 47.4 Å². The van der Waals surface area contributed by atoms with E-state index in [4.69, 9.17) is 4.74 Å². The third kappa shape index (κ3) is 7.13. The highest BCUT2D eigenvalue weighted by Crippen LogP contribution is 2.26. The lowest BCUT2D eigenvalue weighted by molar-refractivity contribution is -0.135. The van der Waals surface area contributed by atoms with Crippen molar-refractivity contribution in [1.82, 2.24) is 20.4 Å². The predicted molar refractivity (Wildman–Crippen MR) is 125 cm³/mol. The Morgan fingerprint density at radius 3 is 2.71 bits per heavy atom. The molecule has 2 aliphatic rings. The molecule has 1 atom stereocenters. The van der Waals surface area contributed by atoms with Crippen molar-refractivity contribution in [2.45, 2.75) is 51.1 Å². The zero-order chi connectivity index (χ0) is 22.1. The minimum absolute atomic E-state index is 0.241. The summed E-state index contributed by atoms with van der Waals surface area (Å²) in [4.78, 5) is 21.4. The van der Waals surface area contributed by atoms with E-state index in [1.165, 1.54) is 19.3 Å². The van der Waals surface area contributed by atoms with Gasteiger partial charge in [0.1, 0.15) is 12.4 Å². The van der Waals surface area contributed by atoms with Gasteiger partial charge in [0.15, 0.2) is 5.96 Å². The Morgan fingerprint density at radius 1 is 1.19 bits per heavy atom. The van der Waals surface area contributed by atoms with Gasteiger partial charge in [-0.25, -0.2) is 0 Å². The van der Waals surface area contributed by atoms with E-state index in [2.05, 4.69) is 31.5 Å². The SMILES string of the molecule is CN=C(NCc1ccccc1OCCN(C)C)NC1CCN(C(=O)C2CCCCC2)C1. The van der Waals surface area contributed by atoms with Gasteiger partial charge in [-0.1, -0.05) is 37.5 Å². The van der Waals surface area contributed by atoms with Crippen LogP contribution in [0.4, 0.5) is 0 Å². The fourth-order valence-electron chi connectivity index (χ4n) is 4.38. The number of likely N-dealkylation sites (N-methyl/N-ethyl adjacent to an activating group) is 1. The molecule has 2 N–H and O–H groups in total. The first-order chi connectivity index (χ1) is 15.1. The molecule has 0 bridgehead atoms. The second-order valence-corrected chi connectivity index (χ2v) is 8.93. The van der Waals surface area contributed by atoms with Gasteiger partial charge in [0.25, 0.3) is 0 Å². The molecule has 1 aliphatic carbocycles. The van der Waals surface area contributed by atoms with E-state index < -0.39 is 0 Å². The van der Waals surface area contributed by atoms with Crippen LogP contribution in [-0.4, -0.2) is 75.1 Å². The third-order valence-electron chi connectivity index (χ3n) is 6.23. The fraction of sp³-hybridized carbons (Fsp3) is 0.667. The van der Waals surface area contributed by atoms with Gasteiger partial charge in [-0.15, -0.1) is 0 Å². The van der Waals surface area contributed by atoms with Crippen LogP contribution in [0.5, 0.6) is 5.75 Å². The average Bonchev–Trinajstić information content (AvgIpc) is 3.25. The first-order valence-corrected chi connectivity index (χ1v) is 11.7. The first kappa shape index (κ1) is 23.4. The highest BCUT2D eigenvalue weighted by atomic mass is 16.5. The molecule has 3 rings (SSSR count). The zero-order valence-corrected chi connectivity index (χ0v) is 19.4. The number of rotatable bonds is 8. The number of carbonyl (C=O) groups excluding carboxylic acids is 1. The van der Waals surface area contributed by atoms with Crippen molar-refractivity contribution in [2.24, 2.45) is 10.9 Å². The number of carbonyl (C=O) groups is 1. The number of likely N-dealkylation sites (tertiary alicyclic amines) is 1. The average molecular weight is 430 g/mol. The largest absolute Gasteiger partial charge is 0.492 e. The van der Waals surface area contributed by atoms with Crippen LogP contribution in [0.3, 0.4) is 0 Å². The highest BCUT2D eigenvalue weighted by Gasteiger charge is 2.31. The molecule has 1 aliphatic heterocycles. The van der Waals surface area contributed by atoms with E-state index >= 15 is 0 Å².